The summed E-state index contributed by atoms with van der Waals surface area (Å²) in [6, 6.07) is 10.3. The van der Waals surface area contributed by atoms with Crippen molar-refractivity contribution in [1.82, 2.24) is 5.32 Å². The first-order valence-electron chi connectivity index (χ1n) is 8.59. The Kier molecular flexibility index (Phi) is 7.81. The smallest absolute Gasteiger partial charge is 0.411 e. The second-order valence-corrected chi connectivity index (χ2v) is 7.18. The van der Waals surface area contributed by atoms with Crippen molar-refractivity contribution in [2.45, 2.75) is 20.3 Å². The fraction of sp³-hybridized carbons (Fsp3) is 0.316. The molecule has 3 amide bonds. The van der Waals surface area contributed by atoms with Crippen LogP contribution >= 0.6 is 11.3 Å². The molecule has 0 saturated carbocycles. The lowest BCUT2D eigenvalue weighted by Crippen LogP contribution is -2.27. The summed E-state index contributed by atoms with van der Waals surface area (Å²) in [6.45, 7) is 4.47. The highest BCUT2D eigenvalue weighted by atomic mass is 32.1. The normalized spacial score (nSPS) is 10.3. The maximum Gasteiger partial charge on any atom is 0.411 e. The number of hydrogen-bond acceptors (Lipinski definition) is 5. The number of anilines is 2. The minimum atomic E-state index is -0.538. The Labute approximate surface area is 162 Å². The van der Waals surface area contributed by atoms with Crippen molar-refractivity contribution in [2.24, 2.45) is 5.92 Å². The van der Waals surface area contributed by atoms with Crippen LogP contribution in [-0.4, -0.2) is 31.1 Å². The lowest BCUT2D eigenvalue weighted by Gasteiger charge is -2.10. The molecule has 1 heterocycles. The largest absolute Gasteiger partial charge is 0.449 e. The van der Waals surface area contributed by atoms with Crippen LogP contribution in [0.5, 0.6) is 0 Å². The van der Waals surface area contributed by atoms with E-state index in [1.807, 2.05) is 19.2 Å². The number of amides is 3. The van der Waals surface area contributed by atoms with Gasteiger partial charge in [-0.05, 0) is 35.6 Å². The molecule has 0 aliphatic heterocycles. The lowest BCUT2D eigenvalue weighted by atomic mass is 10.2. The number of hydrogen-bond donors (Lipinski definition) is 3. The number of ether oxygens (including phenoxy) is 1. The third kappa shape index (κ3) is 7.49. The standard InChI is InChI=1S/C19H23N3O4S/c1-13(2)12-26-19(25)22-15-6-3-5-14(11-15)21-17(23)8-9-20-18(24)16-7-4-10-27-16/h3-7,10-11,13H,8-9,12H2,1-2H3,(H,20,24)(H,21,23)(H,22,25). The van der Waals surface area contributed by atoms with Crippen LogP contribution in [0.2, 0.25) is 0 Å². The van der Waals surface area contributed by atoms with Crippen LogP contribution in [0.25, 0.3) is 0 Å². The van der Waals surface area contributed by atoms with Crippen molar-refractivity contribution in [2.75, 3.05) is 23.8 Å². The molecule has 0 saturated heterocycles. The minimum Gasteiger partial charge on any atom is -0.449 e. The molecule has 0 radical (unpaired) electrons. The van der Waals surface area contributed by atoms with Crippen LogP contribution in [0.3, 0.4) is 0 Å². The van der Waals surface area contributed by atoms with Gasteiger partial charge >= 0.3 is 6.09 Å². The third-order valence-electron chi connectivity index (χ3n) is 3.32. The average Bonchev–Trinajstić information content (AvgIpc) is 3.15. The number of benzene rings is 1. The van der Waals surface area contributed by atoms with Gasteiger partial charge in [0.05, 0.1) is 11.5 Å². The highest BCUT2D eigenvalue weighted by molar-refractivity contribution is 7.12. The van der Waals surface area contributed by atoms with E-state index < -0.39 is 6.09 Å². The average molecular weight is 389 g/mol. The van der Waals surface area contributed by atoms with Gasteiger partial charge in [0.2, 0.25) is 5.91 Å². The monoisotopic (exact) mass is 389 g/mol. The van der Waals surface area contributed by atoms with Gasteiger partial charge in [-0.1, -0.05) is 26.0 Å². The van der Waals surface area contributed by atoms with Gasteiger partial charge in [-0.2, -0.15) is 0 Å². The molecule has 0 fully saturated rings. The summed E-state index contributed by atoms with van der Waals surface area (Å²) in [7, 11) is 0. The number of carbonyl (C=O) groups excluding carboxylic acids is 3. The van der Waals surface area contributed by atoms with Crippen molar-refractivity contribution in [1.29, 1.82) is 0 Å². The van der Waals surface area contributed by atoms with E-state index in [4.69, 9.17) is 4.74 Å². The fourth-order valence-corrected chi connectivity index (χ4v) is 2.72. The van der Waals surface area contributed by atoms with Gasteiger partial charge in [-0.3, -0.25) is 14.9 Å². The maximum absolute atomic E-state index is 12.0. The molecule has 0 aliphatic carbocycles. The van der Waals surface area contributed by atoms with Gasteiger partial charge in [0.1, 0.15) is 0 Å². The summed E-state index contributed by atoms with van der Waals surface area (Å²) in [6.07, 6.45) is -0.394. The van der Waals surface area contributed by atoms with E-state index in [2.05, 4.69) is 16.0 Å². The van der Waals surface area contributed by atoms with Gasteiger partial charge < -0.3 is 15.4 Å². The van der Waals surface area contributed by atoms with E-state index in [9.17, 15) is 14.4 Å². The Morgan fingerprint density at radius 3 is 2.48 bits per heavy atom. The van der Waals surface area contributed by atoms with Gasteiger partial charge in [-0.15, -0.1) is 11.3 Å². The summed E-state index contributed by atoms with van der Waals surface area (Å²) in [5.74, 6) is -0.174. The molecule has 27 heavy (non-hydrogen) atoms. The minimum absolute atomic E-state index is 0.144. The van der Waals surface area contributed by atoms with Crippen LogP contribution in [0.15, 0.2) is 41.8 Å². The molecule has 0 aliphatic rings. The Morgan fingerprint density at radius 1 is 1.07 bits per heavy atom. The van der Waals surface area contributed by atoms with Crippen molar-refractivity contribution in [3.8, 4) is 0 Å². The molecule has 2 aromatic rings. The van der Waals surface area contributed by atoms with Crippen LogP contribution in [0.4, 0.5) is 16.2 Å². The van der Waals surface area contributed by atoms with Crippen molar-refractivity contribution in [3.05, 3.63) is 46.7 Å². The molecule has 3 N–H and O–H groups in total. The molecular formula is C19H23N3O4S. The summed E-state index contributed by atoms with van der Waals surface area (Å²) in [4.78, 5) is 36.1. The molecule has 7 nitrogen and oxygen atoms in total. The topological polar surface area (TPSA) is 96.5 Å². The van der Waals surface area contributed by atoms with Gasteiger partial charge in [0.25, 0.3) is 5.91 Å². The zero-order valence-corrected chi connectivity index (χ0v) is 16.1. The Hall–Kier alpha value is -2.87. The van der Waals surface area contributed by atoms with Crippen LogP contribution in [-0.2, 0) is 9.53 Å². The molecule has 2 rings (SSSR count). The Bertz CT molecular complexity index is 775. The predicted molar refractivity (Wildman–Crippen MR) is 106 cm³/mol. The number of thiophene rings is 1. The Balaban J connectivity index is 1.76. The van der Waals surface area contributed by atoms with Crippen molar-refractivity contribution in [3.63, 3.8) is 0 Å². The second-order valence-electron chi connectivity index (χ2n) is 6.23. The van der Waals surface area contributed by atoms with E-state index in [-0.39, 0.29) is 30.7 Å². The summed E-state index contributed by atoms with van der Waals surface area (Å²) < 4.78 is 5.06. The third-order valence-corrected chi connectivity index (χ3v) is 4.19. The molecule has 0 atom stereocenters. The second kappa shape index (κ2) is 10.3. The number of rotatable bonds is 8. The Morgan fingerprint density at radius 2 is 1.81 bits per heavy atom. The van der Waals surface area contributed by atoms with Crippen LogP contribution in [0.1, 0.15) is 29.9 Å². The number of carbonyl (C=O) groups is 3. The molecule has 1 aromatic carbocycles. The van der Waals surface area contributed by atoms with Gasteiger partial charge in [-0.25, -0.2) is 4.79 Å². The van der Waals surface area contributed by atoms with E-state index in [0.29, 0.717) is 22.9 Å². The van der Waals surface area contributed by atoms with E-state index in [0.717, 1.165) is 0 Å². The zero-order chi connectivity index (χ0) is 19.6. The predicted octanol–water partition coefficient (Wildman–Crippen LogP) is 3.71. The fourth-order valence-electron chi connectivity index (χ4n) is 2.08. The van der Waals surface area contributed by atoms with Crippen LogP contribution in [0, 0.1) is 5.92 Å². The van der Waals surface area contributed by atoms with Gasteiger partial charge in [0, 0.05) is 24.3 Å². The first kappa shape index (κ1) is 20.4. The highest BCUT2D eigenvalue weighted by Gasteiger charge is 2.09. The molecule has 8 heteroatoms. The van der Waals surface area contributed by atoms with E-state index in [1.165, 1.54) is 11.3 Å². The quantitative estimate of drug-likeness (QED) is 0.641. The van der Waals surface area contributed by atoms with Gasteiger partial charge in [0.15, 0.2) is 0 Å². The highest BCUT2D eigenvalue weighted by Crippen LogP contribution is 2.15. The molecular weight excluding hydrogens is 366 g/mol. The molecule has 1 aromatic heterocycles. The molecule has 0 unspecified atom stereocenters. The maximum atomic E-state index is 12.0. The lowest BCUT2D eigenvalue weighted by molar-refractivity contribution is -0.116. The van der Waals surface area contributed by atoms with Crippen molar-refractivity contribution < 1.29 is 19.1 Å². The first-order chi connectivity index (χ1) is 12.9. The van der Waals surface area contributed by atoms with E-state index in [1.54, 1.807) is 36.4 Å². The summed E-state index contributed by atoms with van der Waals surface area (Å²) in [5.41, 5.74) is 1.07. The summed E-state index contributed by atoms with van der Waals surface area (Å²) >= 11 is 1.35. The SMILES string of the molecule is CC(C)COC(=O)Nc1cccc(NC(=O)CCNC(=O)c2cccs2)c1. The molecule has 0 spiro atoms. The molecule has 144 valence electrons. The van der Waals surface area contributed by atoms with E-state index >= 15 is 0 Å². The molecule has 0 bridgehead atoms. The summed E-state index contributed by atoms with van der Waals surface area (Å²) in [5, 5.41) is 9.87. The first-order valence-corrected chi connectivity index (χ1v) is 9.47. The van der Waals surface area contributed by atoms with Crippen molar-refractivity contribution >= 4 is 40.6 Å². The number of nitrogens with one attached hydrogen (secondary N) is 3. The van der Waals surface area contributed by atoms with Crippen LogP contribution < -0.4 is 16.0 Å². The zero-order valence-electron chi connectivity index (χ0n) is 15.3.